The first-order valence-corrected chi connectivity index (χ1v) is 7.33. The maximum absolute atomic E-state index is 13.4. The van der Waals surface area contributed by atoms with Crippen molar-refractivity contribution in [2.75, 3.05) is 6.54 Å². The molecular weight excluding hydrogens is 321 g/mol. The number of benzene rings is 2. The largest absolute Gasteiger partial charge is 0.435 e. The van der Waals surface area contributed by atoms with Gasteiger partial charge >= 0.3 is 12.6 Å². The van der Waals surface area contributed by atoms with E-state index in [-0.39, 0.29) is 18.1 Å². The zero-order valence-electron chi connectivity index (χ0n) is 12.8. The van der Waals surface area contributed by atoms with Crippen molar-refractivity contribution in [1.82, 2.24) is 10.6 Å². The number of carbonyl (C=O) groups excluding carboxylic acids is 1. The monoisotopic (exact) mass is 338 g/mol. The van der Waals surface area contributed by atoms with Crippen LogP contribution in [-0.4, -0.2) is 19.2 Å². The average Bonchev–Trinajstić information content (AvgIpc) is 2.55. The Morgan fingerprint density at radius 1 is 1.04 bits per heavy atom. The number of ether oxygens (including phenoxy) is 1. The van der Waals surface area contributed by atoms with Crippen molar-refractivity contribution in [2.24, 2.45) is 0 Å². The van der Waals surface area contributed by atoms with E-state index < -0.39 is 12.6 Å². The average molecular weight is 338 g/mol. The lowest BCUT2D eigenvalue weighted by molar-refractivity contribution is -0.0498. The molecule has 24 heavy (non-hydrogen) atoms. The van der Waals surface area contributed by atoms with E-state index in [0.717, 1.165) is 5.56 Å². The Morgan fingerprint density at radius 3 is 2.42 bits per heavy atom. The fourth-order valence-electron chi connectivity index (χ4n) is 2.04. The van der Waals surface area contributed by atoms with E-state index >= 15 is 0 Å². The van der Waals surface area contributed by atoms with E-state index in [1.54, 1.807) is 30.3 Å². The van der Waals surface area contributed by atoms with Gasteiger partial charge in [0.2, 0.25) is 0 Å². The molecule has 2 aromatic rings. The van der Waals surface area contributed by atoms with Crippen molar-refractivity contribution in [3.05, 3.63) is 65.5 Å². The van der Waals surface area contributed by atoms with Crippen LogP contribution in [0.25, 0.3) is 0 Å². The van der Waals surface area contributed by atoms with Gasteiger partial charge in [-0.1, -0.05) is 30.3 Å². The second-order valence-electron chi connectivity index (χ2n) is 4.97. The number of alkyl halides is 2. The van der Waals surface area contributed by atoms with Crippen LogP contribution in [0.2, 0.25) is 0 Å². The van der Waals surface area contributed by atoms with E-state index in [1.807, 2.05) is 0 Å². The first-order valence-electron chi connectivity index (χ1n) is 7.33. The summed E-state index contributed by atoms with van der Waals surface area (Å²) in [6.45, 7) is -2.40. The molecular formula is C17H17F3N2O2. The number of nitrogens with one attached hydrogen (secondary N) is 2. The summed E-state index contributed by atoms with van der Waals surface area (Å²) in [7, 11) is 0. The molecule has 2 amide bonds. The molecule has 0 radical (unpaired) electrons. The molecule has 128 valence electrons. The molecule has 0 aliphatic heterocycles. The summed E-state index contributed by atoms with van der Waals surface area (Å²) in [6.07, 6.45) is 0.530. The van der Waals surface area contributed by atoms with Gasteiger partial charge in [0.05, 0.1) is 0 Å². The zero-order chi connectivity index (χ0) is 17.4. The van der Waals surface area contributed by atoms with Gasteiger partial charge in [0.15, 0.2) is 0 Å². The summed E-state index contributed by atoms with van der Waals surface area (Å²) >= 11 is 0. The van der Waals surface area contributed by atoms with Crippen molar-refractivity contribution < 1.29 is 22.7 Å². The van der Waals surface area contributed by atoms with Gasteiger partial charge in [-0.2, -0.15) is 8.78 Å². The van der Waals surface area contributed by atoms with Gasteiger partial charge in [-0.15, -0.1) is 0 Å². The van der Waals surface area contributed by atoms with Gasteiger partial charge in [-0.05, 0) is 30.2 Å². The number of rotatable bonds is 7. The normalized spacial score (nSPS) is 10.5. The first-order chi connectivity index (χ1) is 11.5. The van der Waals surface area contributed by atoms with Crippen LogP contribution < -0.4 is 15.4 Å². The smallest absolute Gasteiger partial charge is 0.387 e. The van der Waals surface area contributed by atoms with Crippen molar-refractivity contribution in [3.8, 4) is 5.75 Å². The highest BCUT2D eigenvalue weighted by Gasteiger charge is 2.05. The van der Waals surface area contributed by atoms with Gasteiger partial charge in [-0.3, -0.25) is 0 Å². The predicted molar refractivity (Wildman–Crippen MR) is 83.4 cm³/mol. The SMILES string of the molecule is O=C(NCCc1ccc(OC(F)F)cc1)NCc1ccccc1F. The lowest BCUT2D eigenvalue weighted by Gasteiger charge is -2.09. The Morgan fingerprint density at radius 2 is 1.75 bits per heavy atom. The molecule has 0 saturated heterocycles. The minimum Gasteiger partial charge on any atom is -0.435 e. The van der Waals surface area contributed by atoms with E-state index in [4.69, 9.17) is 0 Å². The molecule has 0 spiro atoms. The zero-order valence-corrected chi connectivity index (χ0v) is 12.8. The molecule has 7 heteroatoms. The molecule has 0 saturated carbocycles. The number of amides is 2. The fourth-order valence-corrected chi connectivity index (χ4v) is 2.04. The van der Waals surface area contributed by atoms with Gasteiger partial charge in [0, 0.05) is 18.7 Å². The molecule has 2 aromatic carbocycles. The Balaban J connectivity index is 1.70. The molecule has 2 N–H and O–H groups in total. The molecule has 0 aliphatic carbocycles. The van der Waals surface area contributed by atoms with Crippen LogP contribution >= 0.6 is 0 Å². The molecule has 0 fully saturated rings. The van der Waals surface area contributed by atoms with Crippen LogP contribution in [0.5, 0.6) is 5.75 Å². The highest BCUT2D eigenvalue weighted by molar-refractivity contribution is 5.73. The van der Waals surface area contributed by atoms with Gasteiger partial charge in [0.25, 0.3) is 0 Å². The third kappa shape index (κ3) is 5.83. The highest BCUT2D eigenvalue weighted by atomic mass is 19.3. The van der Waals surface area contributed by atoms with Gasteiger partial charge in [0.1, 0.15) is 11.6 Å². The maximum Gasteiger partial charge on any atom is 0.387 e. The third-order valence-corrected chi connectivity index (χ3v) is 3.24. The Labute approximate surface area is 137 Å². The summed E-state index contributed by atoms with van der Waals surface area (Å²) in [5, 5.41) is 5.21. The van der Waals surface area contributed by atoms with Crippen LogP contribution in [0, 0.1) is 5.82 Å². The van der Waals surface area contributed by atoms with Crippen molar-refractivity contribution in [2.45, 2.75) is 19.6 Å². The van der Waals surface area contributed by atoms with Gasteiger partial charge in [-0.25, -0.2) is 9.18 Å². The molecule has 0 unspecified atom stereocenters. The Hall–Kier alpha value is -2.70. The van der Waals surface area contributed by atoms with Crippen LogP contribution in [0.15, 0.2) is 48.5 Å². The topological polar surface area (TPSA) is 50.4 Å². The molecule has 0 atom stereocenters. The van der Waals surface area contributed by atoms with Crippen LogP contribution in [0.3, 0.4) is 0 Å². The second kappa shape index (κ2) is 8.81. The van der Waals surface area contributed by atoms with E-state index in [2.05, 4.69) is 15.4 Å². The molecule has 0 heterocycles. The number of carbonyl (C=O) groups is 1. The van der Waals surface area contributed by atoms with Crippen LogP contribution in [0.4, 0.5) is 18.0 Å². The van der Waals surface area contributed by atoms with Crippen molar-refractivity contribution in [3.63, 3.8) is 0 Å². The first kappa shape index (κ1) is 17.7. The Kier molecular flexibility index (Phi) is 6.48. The maximum atomic E-state index is 13.4. The summed E-state index contributed by atoms with van der Waals surface area (Å²) in [5.41, 5.74) is 1.27. The van der Waals surface area contributed by atoms with E-state index in [0.29, 0.717) is 18.5 Å². The van der Waals surface area contributed by atoms with Crippen molar-refractivity contribution >= 4 is 6.03 Å². The third-order valence-electron chi connectivity index (χ3n) is 3.24. The minimum atomic E-state index is -2.85. The molecule has 2 rings (SSSR count). The van der Waals surface area contributed by atoms with E-state index in [9.17, 15) is 18.0 Å². The minimum absolute atomic E-state index is 0.0874. The molecule has 0 aromatic heterocycles. The second-order valence-corrected chi connectivity index (χ2v) is 4.97. The van der Waals surface area contributed by atoms with E-state index in [1.165, 1.54) is 18.2 Å². The number of hydrogen-bond donors (Lipinski definition) is 2. The van der Waals surface area contributed by atoms with Crippen LogP contribution in [0.1, 0.15) is 11.1 Å². The highest BCUT2D eigenvalue weighted by Crippen LogP contribution is 2.15. The molecule has 4 nitrogen and oxygen atoms in total. The molecule has 0 aliphatic rings. The lowest BCUT2D eigenvalue weighted by atomic mass is 10.1. The fraction of sp³-hybridized carbons (Fsp3) is 0.235. The number of halogens is 3. The standard InChI is InChI=1S/C17H17F3N2O2/c18-15-4-2-1-3-13(15)11-22-17(23)21-10-9-12-5-7-14(8-6-12)24-16(19)20/h1-8,16H,9-11H2,(H2,21,22,23). The van der Waals surface area contributed by atoms with Gasteiger partial charge < -0.3 is 15.4 Å². The van der Waals surface area contributed by atoms with Crippen molar-refractivity contribution in [1.29, 1.82) is 0 Å². The summed E-state index contributed by atoms with van der Waals surface area (Å²) in [6, 6.07) is 12.0. The van der Waals surface area contributed by atoms with Crippen LogP contribution in [-0.2, 0) is 13.0 Å². The summed E-state index contributed by atoms with van der Waals surface area (Å²) < 4.78 is 41.7. The predicted octanol–water partition coefficient (Wildman–Crippen LogP) is 3.47. The number of hydrogen-bond acceptors (Lipinski definition) is 2. The molecule has 0 bridgehead atoms. The summed E-state index contributed by atoms with van der Waals surface area (Å²) in [5.74, 6) is -0.284. The quantitative estimate of drug-likeness (QED) is 0.812. The Bertz CT molecular complexity index is 663. The number of urea groups is 1. The summed E-state index contributed by atoms with van der Waals surface area (Å²) in [4.78, 5) is 11.6. The lowest BCUT2D eigenvalue weighted by Crippen LogP contribution is -2.36.